The molecule has 0 aromatic heterocycles. The van der Waals surface area contributed by atoms with Crippen molar-refractivity contribution in [2.45, 2.75) is 13.8 Å². The Morgan fingerprint density at radius 2 is 1.95 bits per heavy atom. The van der Waals surface area contributed by atoms with E-state index in [1.807, 2.05) is 19.9 Å². The fourth-order valence-electron chi connectivity index (χ4n) is 1.96. The van der Waals surface area contributed by atoms with Crippen LogP contribution in [0, 0.1) is 12.7 Å². The van der Waals surface area contributed by atoms with E-state index in [9.17, 15) is 9.18 Å². The summed E-state index contributed by atoms with van der Waals surface area (Å²) < 4.78 is 19.3. The number of aryl methyl sites for hydroxylation is 1. The van der Waals surface area contributed by atoms with Gasteiger partial charge in [-0.05, 0) is 44.2 Å². The van der Waals surface area contributed by atoms with Crippen LogP contribution in [0.5, 0.6) is 5.75 Å². The molecule has 0 bridgehead atoms. The number of ether oxygens (including phenoxy) is 1. The Hall–Kier alpha value is -2.36. The Labute approximate surface area is 117 Å². The average Bonchev–Trinajstić information content (AvgIpc) is 2.40. The molecule has 3 nitrogen and oxygen atoms in total. The van der Waals surface area contributed by atoms with Crippen molar-refractivity contribution in [3.8, 4) is 5.75 Å². The second kappa shape index (κ2) is 5.74. The van der Waals surface area contributed by atoms with Gasteiger partial charge in [0.05, 0.1) is 17.7 Å². The van der Waals surface area contributed by atoms with Crippen LogP contribution in [0.4, 0.5) is 10.1 Å². The molecule has 20 heavy (non-hydrogen) atoms. The van der Waals surface area contributed by atoms with Gasteiger partial charge in [-0.15, -0.1) is 0 Å². The molecule has 104 valence electrons. The Morgan fingerprint density at radius 1 is 1.20 bits per heavy atom. The van der Waals surface area contributed by atoms with Crippen molar-refractivity contribution in [1.82, 2.24) is 0 Å². The Morgan fingerprint density at radius 3 is 2.60 bits per heavy atom. The molecule has 2 N–H and O–H groups in total. The summed E-state index contributed by atoms with van der Waals surface area (Å²) in [5, 5.41) is 0. The minimum atomic E-state index is -0.626. The van der Waals surface area contributed by atoms with Crippen LogP contribution in [0.15, 0.2) is 36.4 Å². The zero-order valence-electron chi connectivity index (χ0n) is 11.4. The first-order chi connectivity index (χ1) is 9.52. The predicted molar refractivity (Wildman–Crippen MR) is 76.6 cm³/mol. The number of anilines is 1. The van der Waals surface area contributed by atoms with Crippen molar-refractivity contribution >= 4 is 11.5 Å². The van der Waals surface area contributed by atoms with Gasteiger partial charge in [-0.3, -0.25) is 4.79 Å². The van der Waals surface area contributed by atoms with E-state index in [2.05, 4.69) is 0 Å². The van der Waals surface area contributed by atoms with E-state index >= 15 is 0 Å². The molecule has 0 fully saturated rings. The van der Waals surface area contributed by atoms with E-state index in [1.54, 1.807) is 12.1 Å². The Balaban J connectivity index is 2.49. The monoisotopic (exact) mass is 273 g/mol. The topological polar surface area (TPSA) is 52.3 Å². The van der Waals surface area contributed by atoms with E-state index < -0.39 is 11.6 Å². The highest BCUT2D eigenvalue weighted by atomic mass is 19.1. The summed E-state index contributed by atoms with van der Waals surface area (Å²) in [7, 11) is 0. The first-order valence-corrected chi connectivity index (χ1v) is 6.36. The normalized spacial score (nSPS) is 10.3. The number of rotatable bonds is 4. The quantitative estimate of drug-likeness (QED) is 0.686. The maximum absolute atomic E-state index is 13.9. The van der Waals surface area contributed by atoms with Gasteiger partial charge in [0.2, 0.25) is 0 Å². The molecule has 2 aromatic carbocycles. The van der Waals surface area contributed by atoms with Gasteiger partial charge in [0.25, 0.3) is 0 Å². The molecule has 0 unspecified atom stereocenters. The van der Waals surface area contributed by atoms with Crippen molar-refractivity contribution < 1.29 is 13.9 Å². The van der Waals surface area contributed by atoms with Crippen LogP contribution >= 0.6 is 0 Å². The minimum absolute atomic E-state index is 0.00856. The van der Waals surface area contributed by atoms with Crippen LogP contribution in [-0.2, 0) is 0 Å². The summed E-state index contributed by atoms with van der Waals surface area (Å²) in [6.45, 7) is 4.14. The molecule has 0 aliphatic rings. The summed E-state index contributed by atoms with van der Waals surface area (Å²) >= 11 is 0. The number of nitrogens with two attached hydrogens (primary N) is 1. The van der Waals surface area contributed by atoms with Crippen molar-refractivity contribution in [1.29, 1.82) is 0 Å². The largest absolute Gasteiger partial charge is 0.493 e. The number of ketones is 1. The van der Waals surface area contributed by atoms with Gasteiger partial charge in [0.15, 0.2) is 5.78 Å². The maximum Gasteiger partial charge on any atom is 0.199 e. The lowest BCUT2D eigenvalue weighted by Gasteiger charge is -2.11. The molecule has 0 spiro atoms. The molecule has 0 amide bonds. The molecule has 0 aliphatic carbocycles. The zero-order chi connectivity index (χ0) is 14.7. The molecule has 0 saturated heterocycles. The van der Waals surface area contributed by atoms with Gasteiger partial charge in [0.1, 0.15) is 11.6 Å². The summed E-state index contributed by atoms with van der Waals surface area (Å²) in [5.41, 5.74) is 7.04. The van der Waals surface area contributed by atoms with Crippen LogP contribution < -0.4 is 10.5 Å². The van der Waals surface area contributed by atoms with Crippen LogP contribution in [0.2, 0.25) is 0 Å². The van der Waals surface area contributed by atoms with Crippen LogP contribution in [0.1, 0.15) is 28.4 Å². The highest BCUT2D eigenvalue weighted by Gasteiger charge is 2.18. The number of halogens is 1. The zero-order valence-corrected chi connectivity index (χ0v) is 11.4. The van der Waals surface area contributed by atoms with Gasteiger partial charge >= 0.3 is 0 Å². The van der Waals surface area contributed by atoms with Crippen molar-refractivity contribution in [3.63, 3.8) is 0 Å². The first kappa shape index (κ1) is 14.1. The van der Waals surface area contributed by atoms with E-state index in [1.165, 1.54) is 12.1 Å². The Kier molecular flexibility index (Phi) is 4.03. The lowest BCUT2D eigenvalue weighted by atomic mass is 10.00. The SMILES string of the molecule is CCOc1ccc(C)cc1C(=O)c1ccc(N)cc1F. The van der Waals surface area contributed by atoms with Gasteiger partial charge in [-0.2, -0.15) is 0 Å². The second-order valence-electron chi connectivity index (χ2n) is 4.50. The molecular formula is C16H16FNO2. The Bertz CT molecular complexity index is 653. The number of benzene rings is 2. The highest BCUT2D eigenvalue weighted by Crippen LogP contribution is 2.25. The average molecular weight is 273 g/mol. The number of hydrogen-bond donors (Lipinski definition) is 1. The highest BCUT2D eigenvalue weighted by molar-refractivity contribution is 6.11. The predicted octanol–water partition coefficient (Wildman–Crippen LogP) is 3.35. The molecule has 0 saturated carbocycles. The third-order valence-electron chi connectivity index (χ3n) is 2.92. The molecule has 0 aliphatic heterocycles. The molecular weight excluding hydrogens is 257 g/mol. The van der Waals surface area contributed by atoms with E-state index in [4.69, 9.17) is 10.5 Å². The van der Waals surface area contributed by atoms with Crippen LogP contribution in [-0.4, -0.2) is 12.4 Å². The number of carbonyl (C=O) groups is 1. The van der Waals surface area contributed by atoms with Crippen molar-refractivity contribution in [2.75, 3.05) is 12.3 Å². The first-order valence-electron chi connectivity index (χ1n) is 6.36. The standard InChI is InChI=1S/C16H16FNO2/c1-3-20-15-7-4-10(2)8-13(15)16(19)12-6-5-11(18)9-14(12)17/h4-9H,3,18H2,1-2H3. The summed E-state index contributed by atoms with van der Waals surface area (Å²) in [6, 6.07) is 9.31. The van der Waals surface area contributed by atoms with Gasteiger partial charge in [-0.1, -0.05) is 11.6 Å². The number of carbonyl (C=O) groups excluding carboxylic acids is 1. The summed E-state index contributed by atoms with van der Waals surface area (Å²) in [4.78, 5) is 12.5. The lowest BCUT2D eigenvalue weighted by molar-refractivity contribution is 0.103. The molecule has 0 heterocycles. The molecule has 0 atom stereocenters. The summed E-state index contributed by atoms with van der Waals surface area (Å²) in [6.07, 6.45) is 0. The van der Waals surface area contributed by atoms with Gasteiger partial charge in [-0.25, -0.2) is 4.39 Å². The molecule has 4 heteroatoms. The molecule has 2 aromatic rings. The second-order valence-corrected chi connectivity index (χ2v) is 4.50. The van der Waals surface area contributed by atoms with Crippen LogP contribution in [0.25, 0.3) is 0 Å². The molecule has 2 rings (SSSR count). The number of hydrogen-bond acceptors (Lipinski definition) is 3. The van der Waals surface area contributed by atoms with Gasteiger partial charge < -0.3 is 10.5 Å². The van der Waals surface area contributed by atoms with E-state index in [-0.39, 0.29) is 11.3 Å². The fourth-order valence-corrected chi connectivity index (χ4v) is 1.96. The van der Waals surface area contributed by atoms with Crippen molar-refractivity contribution in [3.05, 3.63) is 58.9 Å². The number of nitrogen functional groups attached to an aromatic ring is 1. The third kappa shape index (κ3) is 2.79. The fraction of sp³-hybridized carbons (Fsp3) is 0.188. The summed E-state index contributed by atoms with van der Waals surface area (Å²) in [5.74, 6) is -0.576. The van der Waals surface area contributed by atoms with E-state index in [0.717, 1.165) is 11.6 Å². The lowest BCUT2D eigenvalue weighted by Crippen LogP contribution is -2.08. The van der Waals surface area contributed by atoms with Crippen LogP contribution in [0.3, 0.4) is 0 Å². The van der Waals surface area contributed by atoms with Gasteiger partial charge in [0, 0.05) is 5.69 Å². The van der Waals surface area contributed by atoms with E-state index in [0.29, 0.717) is 17.9 Å². The van der Waals surface area contributed by atoms with Crippen molar-refractivity contribution in [2.24, 2.45) is 0 Å². The third-order valence-corrected chi connectivity index (χ3v) is 2.92. The minimum Gasteiger partial charge on any atom is -0.493 e. The maximum atomic E-state index is 13.9. The smallest absolute Gasteiger partial charge is 0.199 e. The molecule has 0 radical (unpaired) electrons.